The first-order valence-electron chi connectivity index (χ1n) is 7.74. The molecule has 6 heteroatoms. The van der Waals surface area contributed by atoms with Crippen molar-refractivity contribution in [1.82, 2.24) is 10.6 Å². The monoisotopic (exact) mass is 299 g/mol. The van der Waals surface area contributed by atoms with Crippen LogP contribution in [-0.4, -0.2) is 44.7 Å². The Bertz CT molecular complexity index is 349. The van der Waals surface area contributed by atoms with Crippen LogP contribution < -0.4 is 16.4 Å². The van der Waals surface area contributed by atoms with Gasteiger partial charge in [0.15, 0.2) is 0 Å². The van der Waals surface area contributed by atoms with Gasteiger partial charge in [-0.2, -0.15) is 0 Å². The van der Waals surface area contributed by atoms with E-state index in [9.17, 15) is 9.59 Å². The Kier molecular flexibility index (Phi) is 7.67. The number of methoxy groups -OCH3 is 1. The predicted molar refractivity (Wildman–Crippen MR) is 81.5 cm³/mol. The highest BCUT2D eigenvalue weighted by atomic mass is 16.5. The molecule has 1 aliphatic rings. The third kappa shape index (κ3) is 6.01. The van der Waals surface area contributed by atoms with Crippen LogP contribution in [0.1, 0.15) is 33.1 Å². The molecular formula is C15H29N3O3. The summed E-state index contributed by atoms with van der Waals surface area (Å²) < 4.78 is 4.85. The molecule has 0 aromatic carbocycles. The molecule has 0 radical (unpaired) electrons. The molecule has 0 bridgehead atoms. The maximum atomic E-state index is 12.2. The zero-order valence-electron chi connectivity index (χ0n) is 13.4. The van der Waals surface area contributed by atoms with Gasteiger partial charge in [-0.1, -0.05) is 13.8 Å². The Hall–Kier alpha value is -1.14. The van der Waals surface area contributed by atoms with Crippen molar-refractivity contribution in [3.63, 3.8) is 0 Å². The van der Waals surface area contributed by atoms with Crippen molar-refractivity contribution >= 4 is 11.8 Å². The highest BCUT2D eigenvalue weighted by molar-refractivity contribution is 5.80. The number of rotatable bonds is 7. The maximum Gasteiger partial charge on any atom is 0.223 e. The molecule has 6 nitrogen and oxygen atoms in total. The van der Waals surface area contributed by atoms with Crippen LogP contribution in [0.25, 0.3) is 0 Å². The zero-order chi connectivity index (χ0) is 15.8. The van der Waals surface area contributed by atoms with Gasteiger partial charge in [0.25, 0.3) is 0 Å². The molecule has 0 aromatic heterocycles. The minimum absolute atomic E-state index is 0.0227. The Morgan fingerprint density at radius 1 is 1.14 bits per heavy atom. The number of ether oxygens (including phenoxy) is 1. The largest absolute Gasteiger partial charge is 0.383 e. The van der Waals surface area contributed by atoms with Crippen molar-refractivity contribution in [3.8, 4) is 0 Å². The molecule has 2 amide bonds. The van der Waals surface area contributed by atoms with Gasteiger partial charge in [-0.25, -0.2) is 0 Å². The number of carbonyl (C=O) groups is 2. The molecule has 4 N–H and O–H groups in total. The maximum absolute atomic E-state index is 12.2. The summed E-state index contributed by atoms with van der Waals surface area (Å²) >= 11 is 0. The molecule has 1 fully saturated rings. The van der Waals surface area contributed by atoms with Crippen molar-refractivity contribution in [2.75, 3.05) is 26.8 Å². The molecule has 1 rings (SSSR count). The molecule has 1 saturated carbocycles. The summed E-state index contributed by atoms with van der Waals surface area (Å²) in [5, 5.41) is 5.58. The molecule has 0 heterocycles. The number of hydrogen-bond donors (Lipinski definition) is 3. The van der Waals surface area contributed by atoms with Gasteiger partial charge in [-0.15, -0.1) is 0 Å². The average molecular weight is 299 g/mol. The summed E-state index contributed by atoms with van der Waals surface area (Å²) in [5.41, 5.74) is 6.06. The van der Waals surface area contributed by atoms with E-state index >= 15 is 0 Å². The van der Waals surface area contributed by atoms with E-state index in [0.717, 1.165) is 12.8 Å². The first-order chi connectivity index (χ1) is 9.95. The second kappa shape index (κ2) is 9.00. The Morgan fingerprint density at radius 2 is 1.86 bits per heavy atom. The molecular weight excluding hydrogens is 270 g/mol. The summed E-state index contributed by atoms with van der Waals surface area (Å²) in [4.78, 5) is 23.7. The van der Waals surface area contributed by atoms with Crippen LogP contribution in [-0.2, 0) is 14.3 Å². The molecule has 122 valence electrons. The Balaban J connectivity index is 2.25. The molecule has 0 aromatic rings. The lowest BCUT2D eigenvalue weighted by molar-refractivity contribution is -0.128. The fraction of sp³-hybridized carbons (Fsp3) is 0.867. The number of carbonyl (C=O) groups excluding carboxylic acids is 2. The lowest BCUT2D eigenvalue weighted by Crippen LogP contribution is -2.45. The minimum Gasteiger partial charge on any atom is -0.383 e. The number of amides is 2. The van der Waals surface area contributed by atoms with Crippen molar-refractivity contribution in [1.29, 1.82) is 0 Å². The zero-order valence-corrected chi connectivity index (χ0v) is 13.4. The van der Waals surface area contributed by atoms with Gasteiger partial charge in [-0.3, -0.25) is 9.59 Å². The van der Waals surface area contributed by atoms with E-state index in [1.165, 1.54) is 0 Å². The summed E-state index contributed by atoms with van der Waals surface area (Å²) in [7, 11) is 1.59. The smallest absolute Gasteiger partial charge is 0.223 e. The van der Waals surface area contributed by atoms with Crippen LogP contribution in [0.15, 0.2) is 0 Å². The molecule has 0 spiro atoms. The molecule has 1 aliphatic carbocycles. The Labute approximate surface area is 127 Å². The average Bonchev–Trinajstić information content (AvgIpc) is 2.43. The standard InChI is InChI=1S/C15H29N3O3/c1-10-8-11(2)13(16)9-12(10)15(20)18-5-4-14(19)17-6-7-21-3/h10-13H,4-9,16H2,1-3H3,(H,17,19)(H,18,20). The van der Waals surface area contributed by atoms with Gasteiger partial charge in [0.2, 0.25) is 11.8 Å². The van der Waals surface area contributed by atoms with E-state index in [1.807, 2.05) is 0 Å². The van der Waals surface area contributed by atoms with Crippen LogP contribution in [0, 0.1) is 17.8 Å². The van der Waals surface area contributed by atoms with Crippen molar-refractivity contribution in [2.45, 2.75) is 39.2 Å². The summed E-state index contributed by atoms with van der Waals surface area (Å²) in [6.45, 7) is 5.60. The number of nitrogens with two attached hydrogens (primary N) is 1. The molecule has 4 unspecified atom stereocenters. The fourth-order valence-electron chi connectivity index (χ4n) is 2.86. The minimum atomic E-state index is -0.0747. The van der Waals surface area contributed by atoms with E-state index in [0.29, 0.717) is 38.0 Å². The normalized spacial score (nSPS) is 29.0. The van der Waals surface area contributed by atoms with Gasteiger partial charge in [-0.05, 0) is 24.7 Å². The molecule has 0 saturated heterocycles. The first-order valence-corrected chi connectivity index (χ1v) is 7.74. The summed E-state index contributed by atoms with van der Waals surface area (Å²) in [6, 6.07) is 0.0919. The van der Waals surface area contributed by atoms with Gasteiger partial charge in [0, 0.05) is 38.6 Å². The van der Waals surface area contributed by atoms with Crippen LogP contribution in [0.2, 0.25) is 0 Å². The van der Waals surface area contributed by atoms with Crippen molar-refractivity contribution < 1.29 is 14.3 Å². The second-order valence-electron chi connectivity index (χ2n) is 6.08. The topological polar surface area (TPSA) is 93.5 Å². The van der Waals surface area contributed by atoms with Gasteiger partial charge in [0.1, 0.15) is 0 Å². The lowest BCUT2D eigenvalue weighted by atomic mass is 9.72. The van der Waals surface area contributed by atoms with Gasteiger partial charge < -0.3 is 21.1 Å². The highest BCUT2D eigenvalue weighted by Crippen LogP contribution is 2.32. The van der Waals surface area contributed by atoms with Gasteiger partial charge >= 0.3 is 0 Å². The van der Waals surface area contributed by atoms with E-state index < -0.39 is 0 Å². The third-order valence-corrected chi connectivity index (χ3v) is 4.30. The van der Waals surface area contributed by atoms with E-state index in [2.05, 4.69) is 24.5 Å². The van der Waals surface area contributed by atoms with E-state index in [4.69, 9.17) is 10.5 Å². The summed E-state index contributed by atoms with van der Waals surface area (Å²) in [5.74, 6) is 0.725. The number of hydrogen-bond acceptors (Lipinski definition) is 4. The Morgan fingerprint density at radius 3 is 2.52 bits per heavy atom. The fourth-order valence-corrected chi connectivity index (χ4v) is 2.86. The molecule has 21 heavy (non-hydrogen) atoms. The SMILES string of the molecule is COCCNC(=O)CCNC(=O)C1CC(N)C(C)CC1C. The third-order valence-electron chi connectivity index (χ3n) is 4.30. The van der Waals surface area contributed by atoms with E-state index in [1.54, 1.807) is 7.11 Å². The van der Waals surface area contributed by atoms with Crippen LogP contribution in [0.3, 0.4) is 0 Å². The van der Waals surface area contributed by atoms with Gasteiger partial charge in [0.05, 0.1) is 6.61 Å². The van der Waals surface area contributed by atoms with E-state index in [-0.39, 0.29) is 23.8 Å². The molecule has 0 aliphatic heterocycles. The quantitative estimate of drug-likeness (QED) is 0.588. The first kappa shape index (κ1) is 17.9. The predicted octanol–water partition coefficient (Wildman–Crippen LogP) is 0.265. The lowest BCUT2D eigenvalue weighted by Gasteiger charge is -2.36. The summed E-state index contributed by atoms with van der Waals surface area (Å²) in [6.07, 6.45) is 2.00. The highest BCUT2D eigenvalue weighted by Gasteiger charge is 2.34. The van der Waals surface area contributed by atoms with Crippen LogP contribution in [0.4, 0.5) is 0 Å². The molecule has 4 atom stereocenters. The van der Waals surface area contributed by atoms with Crippen LogP contribution in [0.5, 0.6) is 0 Å². The number of nitrogens with one attached hydrogen (secondary N) is 2. The second-order valence-corrected chi connectivity index (χ2v) is 6.08. The van der Waals surface area contributed by atoms with Crippen LogP contribution >= 0.6 is 0 Å². The van der Waals surface area contributed by atoms with Crippen molar-refractivity contribution in [3.05, 3.63) is 0 Å². The van der Waals surface area contributed by atoms with Crippen molar-refractivity contribution in [2.24, 2.45) is 23.5 Å².